The smallest absolute Gasteiger partial charge is 0.203 e. The number of methoxy groups -OCH3 is 2. The summed E-state index contributed by atoms with van der Waals surface area (Å²) in [5.41, 5.74) is 4.15. The van der Waals surface area contributed by atoms with Gasteiger partial charge in [0.2, 0.25) is 8.32 Å². The summed E-state index contributed by atoms with van der Waals surface area (Å²) in [5, 5.41) is 0. The van der Waals surface area contributed by atoms with Gasteiger partial charge < -0.3 is 13.9 Å². The van der Waals surface area contributed by atoms with Crippen LogP contribution in [0.5, 0.6) is 0 Å². The second kappa shape index (κ2) is 11.9. The Hall–Kier alpha value is -0.943. The van der Waals surface area contributed by atoms with E-state index in [9.17, 15) is 0 Å². The molecule has 0 N–H and O–H groups in total. The number of rotatable bonds is 12. The lowest BCUT2D eigenvalue weighted by Crippen LogP contribution is -2.50. The van der Waals surface area contributed by atoms with Crippen molar-refractivity contribution in [3.63, 3.8) is 0 Å². The van der Waals surface area contributed by atoms with Crippen molar-refractivity contribution in [2.24, 2.45) is 0 Å². The van der Waals surface area contributed by atoms with Gasteiger partial charge in [-0.1, -0.05) is 83.5 Å². The van der Waals surface area contributed by atoms with Crippen LogP contribution in [0.15, 0.2) is 42.0 Å². The van der Waals surface area contributed by atoms with Gasteiger partial charge in [0.05, 0.1) is 6.10 Å². The molecule has 160 valence electrons. The Morgan fingerprint density at radius 3 is 1.86 bits per heavy atom. The largest absolute Gasteiger partial charge is 0.391 e. The van der Waals surface area contributed by atoms with Gasteiger partial charge in [-0.2, -0.15) is 0 Å². The predicted octanol–water partition coefficient (Wildman–Crippen LogP) is 7.27. The molecule has 0 aliphatic carbocycles. The molecule has 0 aliphatic heterocycles. The number of hydrogen-bond donors (Lipinski definition) is 0. The third-order valence-electron chi connectivity index (χ3n) is 5.93. The van der Waals surface area contributed by atoms with Gasteiger partial charge in [-0.05, 0) is 35.5 Å². The third kappa shape index (κ3) is 6.55. The quantitative estimate of drug-likeness (QED) is 0.207. The van der Waals surface area contributed by atoms with E-state index >= 15 is 0 Å². The third-order valence-corrected chi connectivity index (χ3v) is 12.0. The molecule has 0 radical (unpaired) electrons. The maximum Gasteiger partial charge on any atom is 0.203 e. The molecular formula is C24H42O3Si. The number of ether oxygens (including phenoxy) is 2. The standard InChI is InChI=1S/C24H42O3Si/c1-18(2)28(19(3)4,20(5)6)27-24(26-9)16-15-21(7)17-23(25-8)22-13-11-10-12-14-22/h10-15,18-20,23-24H,16-17H2,1-9H3/b21-15+. The van der Waals surface area contributed by atoms with Crippen LogP contribution in [0.1, 0.15) is 73.0 Å². The molecule has 0 amide bonds. The molecule has 4 heteroatoms. The Kier molecular flexibility index (Phi) is 10.7. The van der Waals surface area contributed by atoms with E-state index in [0.29, 0.717) is 16.6 Å². The molecule has 3 nitrogen and oxygen atoms in total. The van der Waals surface area contributed by atoms with Crippen molar-refractivity contribution < 1.29 is 13.9 Å². The van der Waals surface area contributed by atoms with Crippen molar-refractivity contribution in [3.8, 4) is 0 Å². The summed E-state index contributed by atoms with van der Waals surface area (Å²) in [6.45, 7) is 16.0. The van der Waals surface area contributed by atoms with Crippen LogP contribution in [-0.2, 0) is 13.9 Å². The Labute approximate surface area is 174 Å². The minimum absolute atomic E-state index is 0.0785. The fraction of sp³-hybridized carbons (Fsp3) is 0.667. The minimum Gasteiger partial charge on any atom is -0.391 e. The predicted molar refractivity (Wildman–Crippen MR) is 122 cm³/mol. The van der Waals surface area contributed by atoms with Crippen LogP contribution in [0.2, 0.25) is 16.6 Å². The first kappa shape index (κ1) is 25.1. The lowest BCUT2D eigenvalue weighted by atomic mass is 10.0. The molecule has 0 aromatic heterocycles. The molecule has 2 atom stereocenters. The van der Waals surface area contributed by atoms with E-state index in [-0.39, 0.29) is 12.4 Å². The highest BCUT2D eigenvalue weighted by molar-refractivity contribution is 6.77. The molecule has 1 aromatic carbocycles. The van der Waals surface area contributed by atoms with E-state index in [2.05, 4.69) is 78.8 Å². The SMILES string of the molecule is COC(C/C=C(\C)CC(OC)c1ccccc1)O[Si](C(C)C)(C(C)C)C(C)C. The van der Waals surface area contributed by atoms with Crippen LogP contribution in [0.4, 0.5) is 0 Å². The zero-order chi connectivity index (χ0) is 21.3. The maximum absolute atomic E-state index is 6.78. The number of benzene rings is 1. The van der Waals surface area contributed by atoms with Crippen molar-refractivity contribution in [1.29, 1.82) is 0 Å². The van der Waals surface area contributed by atoms with Crippen molar-refractivity contribution in [2.75, 3.05) is 14.2 Å². The zero-order valence-corrected chi connectivity index (χ0v) is 20.5. The summed E-state index contributed by atoms with van der Waals surface area (Å²) in [6, 6.07) is 10.4. The molecule has 0 saturated carbocycles. The first-order valence-electron chi connectivity index (χ1n) is 10.6. The summed E-state index contributed by atoms with van der Waals surface area (Å²) in [6.07, 6.45) is 3.79. The maximum atomic E-state index is 6.78. The van der Waals surface area contributed by atoms with E-state index in [4.69, 9.17) is 13.9 Å². The highest BCUT2D eigenvalue weighted by Gasteiger charge is 2.46. The molecule has 0 heterocycles. The van der Waals surface area contributed by atoms with Crippen molar-refractivity contribution in [2.45, 2.75) is 90.3 Å². The van der Waals surface area contributed by atoms with Crippen LogP contribution in [0.25, 0.3) is 0 Å². The van der Waals surface area contributed by atoms with Gasteiger partial charge in [-0.25, -0.2) is 0 Å². The molecule has 1 aromatic rings. The van der Waals surface area contributed by atoms with Crippen LogP contribution < -0.4 is 0 Å². The van der Waals surface area contributed by atoms with E-state index in [1.54, 1.807) is 14.2 Å². The monoisotopic (exact) mass is 406 g/mol. The second-order valence-electron chi connectivity index (χ2n) is 8.73. The second-order valence-corrected chi connectivity index (χ2v) is 14.1. The van der Waals surface area contributed by atoms with E-state index < -0.39 is 8.32 Å². The zero-order valence-electron chi connectivity index (χ0n) is 19.5. The van der Waals surface area contributed by atoms with Gasteiger partial charge in [0, 0.05) is 20.6 Å². The Bertz CT molecular complexity index is 559. The van der Waals surface area contributed by atoms with Crippen molar-refractivity contribution in [3.05, 3.63) is 47.5 Å². The highest BCUT2D eigenvalue weighted by atomic mass is 28.4. The average Bonchev–Trinajstić information content (AvgIpc) is 2.66. The highest BCUT2D eigenvalue weighted by Crippen LogP contribution is 2.43. The summed E-state index contributed by atoms with van der Waals surface area (Å²) in [5.74, 6) is 0. The average molecular weight is 407 g/mol. The van der Waals surface area contributed by atoms with Crippen LogP contribution in [-0.4, -0.2) is 28.8 Å². The fourth-order valence-corrected chi connectivity index (χ4v) is 9.97. The Morgan fingerprint density at radius 1 is 0.893 bits per heavy atom. The minimum atomic E-state index is -1.95. The first-order valence-corrected chi connectivity index (χ1v) is 12.8. The van der Waals surface area contributed by atoms with Crippen LogP contribution in [0, 0.1) is 0 Å². The summed E-state index contributed by atoms with van der Waals surface area (Å²) >= 11 is 0. The van der Waals surface area contributed by atoms with E-state index in [0.717, 1.165) is 12.8 Å². The molecule has 0 saturated heterocycles. The molecule has 0 spiro atoms. The normalized spacial score (nSPS) is 15.5. The molecule has 0 fully saturated rings. The van der Waals surface area contributed by atoms with Gasteiger partial charge >= 0.3 is 0 Å². The van der Waals surface area contributed by atoms with Gasteiger partial charge in [0.1, 0.15) is 0 Å². The lowest BCUT2D eigenvalue weighted by Gasteiger charge is -2.44. The topological polar surface area (TPSA) is 27.7 Å². The molecule has 0 bridgehead atoms. The summed E-state index contributed by atoms with van der Waals surface area (Å²) in [7, 11) is 1.58. The lowest BCUT2D eigenvalue weighted by molar-refractivity contribution is -0.0620. The van der Waals surface area contributed by atoms with Gasteiger partial charge in [-0.15, -0.1) is 0 Å². The fourth-order valence-electron chi connectivity index (χ4n) is 4.51. The first-order chi connectivity index (χ1) is 13.2. The van der Waals surface area contributed by atoms with Crippen LogP contribution in [0.3, 0.4) is 0 Å². The van der Waals surface area contributed by atoms with E-state index in [1.165, 1.54) is 11.1 Å². The summed E-state index contributed by atoms with van der Waals surface area (Å²) in [4.78, 5) is 0. The Balaban J connectivity index is 2.85. The Morgan fingerprint density at radius 2 is 1.43 bits per heavy atom. The number of hydrogen-bond acceptors (Lipinski definition) is 3. The molecule has 2 unspecified atom stereocenters. The molecule has 1 rings (SSSR count). The summed E-state index contributed by atoms with van der Waals surface area (Å²) < 4.78 is 18.3. The molecular weight excluding hydrogens is 364 g/mol. The van der Waals surface area contributed by atoms with Gasteiger partial charge in [-0.3, -0.25) is 0 Å². The van der Waals surface area contributed by atoms with Crippen molar-refractivity contribution >= 4 is 8.32 Å². The van der Waals surface area contributed by atoms with Gasteiger partial charge in [0.25, 0.3) is 0 Å². The molecule has 28 heavy (non-hydrogen) atoms. The van der Waals surface area contributed by atoms with Crippen molar-refractivity contribution in [1.82, 2.24) is 0 Å². The molecule has 0 aliphatic rings. The van der Waals surface area contributed by atoms with E-state index in [1.807, 2.05) is 6.07 Å². The van der Waals surface area contributed by atoms with Crippen LogP contribution >= 0.6 is 0 Å². The van der Waals surface area contributed by atoms with Gasteiger partial charge in [0.15, 0.2) is 6.29 Å².